The first-order chi connectivity index (χ1) is 10.4. The zero-order chi connectivity index (χ0) is 16.2. The molecule has 0 aromatic heterocycles. The lowest BCUT2D eigenvalue weighted by Crippen LogP contribution is -2.51. The maximum Gasteiger partial charge on any atom is 0.253 e. The standard InChI is InChI=1S/C15H21N3O3S/c1-15(2,22-16-21)11-17-7-9-18(10-8-17)14(20)12-3-5-13(19)6-4-12/h3-6,19H,7-11H2,1-2H3. The van der Waals surface area contributed by atoms with E-state index in [2.05, 4.69) is 9.48 Å². The second-order valence-electron chi connectivity index (χ2n) is 6.04. The molecule has 22 heavy (non-hydrogen) atoms. The Balaban J connectivity index is 1.88. The molecule has 2 rings (SSSR count). The van der Waals surface area contributed by atoms with Crippen LogP contribution in [0.5, 0.6) is 5.75 Å². The van der Waals surface area contributed by atoms with E-state index in [0.717, 1.165) is 31.6 Å². The third kappa shape index (κ3) is 4.45. The van der Waals surface area contributed by atoms with Crippen LogP contribution in [-0.4, -0.2) is 58.3 Å². The Morgan fingerprint density at radius 2 is 1.82 bits per heavy atom. The first kappa shape index (κ1) is 16.8. The third-order valence-electron chi connectivity index (χ3n) is 3.66. The average Bonchev–Trinajstić information content (AvgIpc) is 2.47. The molecule has 1 saturated heterocycles. The van der Waals surface area contributed by atoms with E-state index >= 15 is 0 Å². The van der Waals surface area contributed by atoms with Gasteiger partial charge in [0.25, 0.3) is 5.91 Å². The van der Waals surface area contributed by atoms with E-state index in [0.29, 0.717) is 18.7 Å². The van der Waals surface area contributed by atoms with Crippen LogP contribution in [0.2, 0.25) is 0 Å². The third-order valence-corrected chi connectivity index (χ3v) is 4.36. The smallest absolute Gasteiger partial charge is 0.253 e. The summed E-state index contributed by atoms with van der Waals surface area (Å²) in [5.41, 5.74) is 0.590. The molecular weight excluding hydrogens is 302 g/mol. The molecule has 120 valence electrons. The molecule has 0 saturated carbocycles. The fourth-order valence-electron chi connectivity index (χ4n) is 2.56. The highest BCUT2D eigenvalue weighted by Gasteiger charge is 2.28. The minimum absolute atomic E-state index is 0.0113. The van der Waals surface area contributed by atoms with Crippen LogP contribution in [0.3, 0.4) is 0 Å². The monoisotopic (exact) mass is 323 g/mol. The Hall–Kier alpha value is -1.60. The average molecular weight is 323 g/mol. The van der Waals surface area contributed by atoms with Gasteiger partial charge in [0.15, 0.2) is 0 Å². The highest BCUT2D eigenvalue weighted by Crippen LogP contribution is 2.26. The fourth-order valence-corrected chi connectivity index (χ4v) is 3.01. The molecule has 1 fully saturated rings. The van der Waals surface area contributed by atoms with Crippen LogP contribution in [0.4, 0.5) is 0 Å². The quantitative estimate of drug-likeness (QED) is 0.665. The Bertz CT molecular complexity index is 525. The summed E-state index contributed by atoms with van der Waals surface area (Å²) < 4.78 is 2.70. The maximum atomic E-state index is 12.4. The molecule has 0 radical (unpaired) electrons. The molecule has 0 unspecified atom stereocenters. The summed E-state index contributed by atoms with van der Waals surface area (Å²) in [7, 11) is 0. The number of aromatic hydroxyl groups is 1. The molecule has 1 heterocycles. The van der Waals surface area contributed by atoms with E-state index in [-0.39, 0.29) is 16.4 Å². The second-order valence-corrected chi connectivity index (χ2v) is 7.48. The van der Waals surface area contributed by atoms with E-state index in [1.54, 1.807) is 12.1 Å². The number of nitroso groups, excluding NO2 is 1. The molecule has 1 aliphatic rings. The van der Waals surface area contributed by atoms with Crippen molar-refractivity contribution in [2.24, 2.45) is 4.58 Å². The minimum atomic E-state index is -0.217. The van der Waals surface area contributed by atoms with Gasteiger partial charge in [0.1, 0.15) is 5.75 Å². The topological polar surface area (TPSA) is 73.2 Å². The van der Waals surface area contributed by atoms with Gasteiger partial charge in [-0.25, -0.2) is 0 Å². The molecule has 1 aliphatic heterocycles. The fraction of sp³-hybridized carbons (Fsp3) is 0.533. The Morgan fingerprint density at radius 3 is 2.36 bits per heavy atom. The number of piperazine rings is 1. The minimum Gasteiger partial charge on any atom is -0.508 e. The number of amides is 1. The van der Waals surface area contributed by atoms with Gasteiger partial charge in [-0.3, -0.25) is 9.69 Å². The second kappa shape index (κ2) is 7.11. The summed E-state index contributed by atoms with van der Waals surface area (Å²) in [4.78, 5) is 26.8. The first-order valence-electron chi connectivity index (χ1n) is 7.23. The van der Waals surface area contributed by atoms with Crippen molar-refractivity contribution in [2.75, 3.05) is 32.7 Å². The van der Waals surface area contributed by atoms with Crippen LogP contribution >= 0.6 is 11.9 Å². The van der Waals surface area contributed by atoms with Crippen LogP contribution in [0, 0.1) is 4.91 Å². The normalized spacial score (nSPS) is 16.5. The van der Waals surface area contributed by atoms with Gasteiger partial charge >= 0.3 is 0 Å². The highest BCUT2D eigenvalue weighted by molar-refractivity contribution is 7.99. The molecule has 1 aromatic rings. The van der Waals surface area contributed by atoms with Crippen LogP contribution < -0.4 is 0 Å². The summed E-state index contributed by atoms with van der Waals surface area (Å²) in [6.07, 6.45) is 0. The van der Waals surface area contributed by atoms with Crippen LogP contribution in [0.15, 0.2) is 28.8 Å². The van der Waals surface area contributed by atoms with Crippen molar-refractivity contribution in [2.45, 2.75) is 18.6 Å². The number of carbonyl (C=O) groups excluding carboxylic acids is 1. The molecule has 0 aliphatic carbocycles. The van der Waals surface area contributed by atoms with Crippen molar-refractivity contribution < 1.29 is 9.90 Å². The lowest BCUT2D eigenvalue weighted by Gasteiger charge is -2.37. The molecule has 0 spiro atoms. The lowest BCUT2D eigenvalue weighted by molar-refractivity contribution is 0.0630. The molecule has 1 amide bonds. The predicted molar refractivity (Wildman–Crippen MR) is 87.9 cm³/mol. The number of phenols is 1. The zero-order valence-corrected chi connectivity index (χ0v) is 13.7. The van der Waals surface area contributed by atoms with Gasteiger partial charge in [0, 0.05) is 59.6 Å². The van der Waals surface area contributed by atoms with Crippen molar-refractivity contribution in [1.82, 2.24) is 9.80 Å². The van der Waals surface area contributed by atoms with Crippen LogP contribution in [-0.2, 0) is 0 Å². The molecule has 1 N–H and O–H groups in total. The summed E-state index contributed by atoms with van der Waals surface area (Å²) >= 11 is 1.06. The van der Waals surface area contributed by atoms with Gasteiger partial charge in [-0.05, 0) is 38.1 Å². The van der Waals surface area contributed by atoms with E-state index in [4.69, 9.17) is 0 Å². The van der Waals surface area contributed by atoms with E-state index in [1.807, 2.05) is 18.7 Å². The van der Waals surface area contributed by atoms with Crippen molar-refractivity contribution in [1.29, 1.82) is 0 Å². The predicted octanol–water partition coefficient (Wildman–Crippen LogP) is 2.34. The SMILES string of the molecule is CC(C)(CN1CCN(C(=O)c2ccc(O)cc2)CC1)SN=O. The van der Waals surface area contributed by atoms with Gasteiger partial charge in [-0.1, -0.05) is 0 Å². The number of nitrogens with zero attached hydrogens (tertiary/aromatic N) is 3. The summed E-state index contributed by atoms with van der Waals surface area (Å²) in [5.74, 6) is 0.146. The van der Waals surface area contributed by atoms with Gasteiger partial charge in [0.2, 0.25) is 0 Å². The number of benzene rings is 1. The Kier molecular flexibility index (Phi) is 5.42. The van der Waals surface area contributed by atoms with Crippen LogP contribution in [0.1, 0.15) is 24.2 Å². The maximum absolute atomic E-state index is 12.4. The lowest BCUT2D eigenvalue weighted by atomic mass is 10.1. The molecule has 0 bridgehead atoms. The Morgan fingerprint density at radius 1 is 1.23 bits per heavy atom. The van der Waals surface area contributed by atoms with Crippen molar-refractivity contribution >= 4 is 17.9 Å². The zero-order valence-electron chi connectivity index (χ0n) is 12.9. The van der Waals surface area contributed by atoms with Gasteiger partial charge in [-0.15, -0.1) is 4.91 Å². The van der Waals surface area contributed by atoms with Crippen LogP contribution in [0.25, 0.3) is 0 Å². The number of phenolic OH excluding ortho intramolecular Hbond substituents is 1. The molecule has 7 heteroatoms. The van der Waals surface area contributed by atoms with Crippen molar-refractivity contribution in [3.63, 3.8) is 0 Å². The molecule has 1 aromatic carbocycles. The Labute approximate surface area is 134 Å². The highest BCUT2D eigenvalue weighted by atomic mass is 32.2. The largest absolute Gasteiger partial charge is 0.508 e. The summed E-state index contributed by atoms with van der Waals surface area (Å²) in [6, 6.07) is 6.32. The number of rotatable bonds is 5. The van der Waals surface area contributed by atoms with E-state index < -0.39 is 0 Å². The number of hydrogen-bond acceptors (Lipinski definition) is 6. The van der Waals surface area contributed by atoms with Gasteiger partial charge in [-0.2, -0.15) is 0 Å². The van der Waals surface area contributed by atoms with E-state index in [1.165, 1.54) is 12.1 Å². The molecule has 6 nitrogen and oxygen atoms in total. The van der Waals surface area contributed by atoms with Crippen molar-refractivity contribution in [3.8, 4) is 5.75 Å². The van der Waals surface area contributed by atoms with Gasteiger partial charge in [0.05, 0.1) is 0 Å². The molecular formula is C15H21N3O3S. The van der Waals surface area contributed by atoms with E-state index in [9.17, 15) is 14.8 Å². The number of carbonyl (C=O) groups is 1. The van der Waals surface area contributed by atoms with Crippen molar-refractivity contribution in [3.05, 3.63) is 34.7 Å². The number of hydrogen-bond donors (Lipinski definition) is 1. The summed E-state index contributed by atoms with van der Waals surface area (Å²) in [5, 5.41) is 9.27. The first-order valence-corrected chi connectivity index (χ1v) is 8.00. The summed E-state index contributed by atoms with van der Waals surface area (Å²) in [6.45, 7) is 7.65. The van der Waals surface area contributed by atoms with Gasteiger partial charge < -0.3 is 10.0 Å². The molecule has 0 atom stereocenters.